The van der Waals surface area contributed by atoms with E-state index in [1.807, 2.05) is 6.92 Å². The van der Waals surface area contributed by atoms with Crippen molar-refractivity contribution in [2.45, 2.75) is 6.92 Å². The first-order valence-corrected chi connectivity index (χ1v) is 8.40. The summed E-state index contributed by atoms with van der Waals surface area (Å²) in [4.78, 5) is 4.54. The molecule has 2 heterocycles. The van der Waals surface area contributed by atoms with Gasteiger partial charge in [-0.3, -0.25) is 5.10 Å². The molecule has 0 fully saturated rings. The summed E-state index contributed by atoms with van der Waals surface area (Å²) in [5.74, 6) is 0.102. The van der Waals surface area contributed by atoms with E-state index in [2.05, 4.69) is 15.2 Å². The van der Waals surface area contributed by atoms with E-state index in [0.717, 1.165) is 22.4 Å². The number of hydrogen-bond acceptors (Lipinski definition) is 5. The van der Waals surface area contributed by atoms with E-state index < -0.39 is 5.82 Å². The molecule has 0 atom stereocenters. The Kier molecular flexibility index (Phi) is 4.04. The number of hydrogen-bond donors (Lipinski definition) is 2. The van der Waals surface area contributed by atoms with Crippen molar-refractivity contribution in [3.05, 3.63) is 40.8 Å². The molecule has 0 amide bonds. The first kappa shape index (κ1) is 17.4. The van der Waals surface area contributed by atoms with Gasteiger partial charge >= 0.3 is 0 Å². The average Bonchev–Trinajstić information content (AvgIpc) is 3.11. The second-order valence-corrected chi connectivity index (χ2v) is 6.44. The molecule has 0 aliphatic rings. The Bertz CT molecular complexity index is 1210. The van der Waals surface area contributed by atoms with Crippen molar-refractivity contribution in [2.24, 2.45) is 0 Å². The van der Waals surface area contributed by atoms with E-state index in [-0.39, 0.29) is 16.3 Å². The van der Waals surface area contributed by atoms with Crippen molar-refractivity contribution in [1.29, 1.82) is 0 Å². The number of benzene rings is 2. The smallest absolute Gasteiger partial charge is 0.164 e. The third-order valence-electron chi connectivity index (χ3n) is 4.57. The van der Waals surface area contributed by atoms with E-state index in [1.54, 1.807) is 19.4 Å². The van der Waals surface area contributed by atoms with E-state index in [1.165, 1.54) is 13.2 Å². The predicted molar refractivity (Wildman–Crippen MR) is 101 cm³/mol. The molecule has 2 N–H and O–H groups in total. The number of halogens is 2. The summed E-state index contributed by atoms with van der Waals surface area (Å²) in [6.07, 6.45) is 1.66. The van der Waals surface area contributed by atoms with Crippen LogP contribution in [0.2, 0.25) is 5.02 Å². The van der Waals surface area contributed by atoms with Crippen LogP contribution in [0.4, 0.5) is 4.39 Å². The lowest BCUT2D eigenvalue weighted by Gasteiger charge is -2.16. The highest BCUT2D eigenvalue weighted by molar-refractivity contribution is 6.32. The zero-order valence-corrected chi connectivity index (χ0v) is 15.5. The highest BCUT2D eigenvalue weighted by atomic mass is 35.5. The van der Waals surface area contributed by atoms with Crippen LogP contribution < -0.4 is 9.47 Å². The van der Waals surface area contributed by atoms with Crippen molar-refractivity contribution in [1.82, 2.24) is 15.2 Å². The standard InChI is InChI=1S/C19H15ClFN3O3/c1-8-16-10(5-15(26-2)18(8)27-3)17(23-19-11(16)7-22-24-19)9-4-12(20)14(25)6-13(9)21/h4-7,25H,1-3H3,(H,22,23,24). The van der Waals surface area contributed by atoms with Gasteiger partial charge in [-0.15, -0.1) is 0 Å². The Morgan fingerprint density at radius 1 is 1.15 bits per heavy atom. The Balaban J connectivity index is 2.21. The number of aromatic hydroxyl groups is 1. The molecule has 0 radical (unpaired) electrons. The lowest BCUT2D eigenvalue weighted by Crippen LogP contribution is -1.98. The Hall–Kier alpha value is -3.06. The molecule has 0 saturated carbocycles. The summed E-state index contributed by atoms with van der Waals surface area (Å²) in [6.45, 7) is 1.89. The molecule has 0 unspecified atom stereocenters. The molecular formula is C19H15ClFN3O3. The summed E-state index contributed by atoms with van der Waals surface area (Å²) in [5.41, 5.74) is 1.82. The van der Waals surface area contributed by atoms with Crippen LogP contribution >= 0.6 is 11.6 Å². The molecule has 4 rings (SSSR count). The van der Waals surface area contributed by atoms with Crippen molar-refractivity contribution in [2.75, 3.05) is 14.2 Å². The summed E-state index contributed by atoms with van der Waals surface area (Å²) in [5, 5.41) is 18.8. The Morgan fingerprint density at radius 3 is 2.63 bits per heavy atom. The monoisotopic (exact) mass is 387 g/mol. The van der Waals surface area contributed by atoms with Crippen LogP contribution in [0.5, 0.6) is 17.2 Å². The topological polar surface area (TPSA) is 80.3 Å². The zero-order chi connectivity index (χ0) is 19.3. The van der Waals surface area contributed by atoms with Crippen LogP contribution in [0.15, 0.2) is 24.4 Å². The molecule has 27 heavy (non-hydrogen) atoms. The van der Waals surface area contributed by atoms with Gasteiger partial charge in [0.1, 0.15) is 11.6 Å². The van der Waals surface area contributed by atoms with Crippen LogP contribution in [0.25, 0.3) is 33.1 Å². The Morgan fingerprint density at radius 2 is 1.93 bits per heavy atom. The number of nitrogens with one attached hydrogen (secondary N) is 1. The number of rotatable bonds is 3. The summed E-state index contributed by atoms with van der Waals surface area (Å²) >= 11 is 6.01. The summed E-state index contributed by atoms with van der Waals surface area (Å²) in [6, 6.07) is 4.06. The number of phenolic OH excluding ortho intramolecular Hbond substituents is 1. The number of fused-ring (bicyclic) bond motifs is 3. The molecule has 0 bridgehead atoms. The number of phenols is 1. The molecule has 0 aliphatic heterocycles. The predicted octanol–water partition coefficient (Wildman–Crippen LogP) is 4.60. The molecule has 0 spiro atoms. The molecule has 0 saturated heterocycles. The van der Waals surface area contributed by atoms with Gasteiger partial charge in [0.25, 0.3) is 0 Å². The Labute approximate surface area is 158 Å². The number of H-pyrrole nitrogens is 1. The third kappa shape index (κ3) is 2.54. The van der Waals surface area contributed by atoms with Gasteiger partial charge in [0.2, 0.25) is 0 Å². The second kappa shape index (κ2) is 6.28. The first-order chi connectivity index (χ1) is 13.0. The molecule has 6 nitrogen and oxygen atoms in total. The molecule has 138 valence electrons. The van der Waals surface area contributed by atoms with Gasteiger partial charge in [-0.1, -0.05) is 11.6 Å². The van der Waals surface area contributed by atoms with Crippen molar-refractivity contribution < 1.29 is 19.0 Å². The fourth-order valence-electron chi connectivity index (χ4n) is 3.35. The van der Waals surface area contributed by atoms with E-state index in [0.29, 0.717) is 28.2 Å². The van der Waals surface area contributed by atoms with E-state index in [9.17, 15) is 9.50 Å². The van der Waals surface area contributed by atoms with Gasteiger partial charge in [-0.05, 0) is 19.1 Å². The fraction of sp³-hybridized carbons (Fsp3) is 0.158. The first-order valence-electron chi connectivity index (χ1n) is 8.03. The normalized spacial score (nSPS) is 11.3. The number of ether oxygens (including phenoxy) is 2. The molecule has 0 aliphatic carbocycles. The quantitative estimate of drug-likeness (QED) is 0.537. The second-order valence-electron chi connectivity index (χ2n) is 6.04. The van der Waals surface area contributed by atoms with Gasteiger partial charge in [0, 0.05) is 33.4 Å². The number of aromatic amines is 1. The molecule has 2 aromatic carbocycles. The third-order valence-corrected chi connectivity index (χ3v) is 4.87. The van der Waals surface area contributed by atoms with Crippen molar-refractivity contribution in [3.8, 4) is 28.5 Å². The zero-order valence-electron chi connectivity index (χ0n) is 14.7. The fourth-order valence-corrected chi connectivity index (χ4v) is 3.51. The number of methoxy groups -OCH3 is 2. The molecule has 8 heteroatoms. The minimum atomic E-state index is -0.642. The average molecular weight is 388 g/mol. The lowest BCUT2D eigenvalue weighted by atomic mass is 9.97. The minimum Gasteiger partial charge on any atom is -0.506 e. The van der Waals surface area contributed by atoms with E-state index in [4.69, 9.17) is 21.1 Å². The van der Waals surface area contributed by atoms with Crippen LogP contribution in [0.3, 0.4) is 0 Å². The van der Waals surface area contributed by atoms with Crippen LogP contribution in [0, 0.1) is 12.7 Å². The number of nitrogens with zero attached hydrogens (tertiary/aromatic N) is 2. The highest BCUT2D eigenvalue weighted by Gasteiger charge is 2.21. The van der Waals surface area contributed by atoms with Crippen LogP contribution in [-0.4, -0.2) is 34.5 Å². The maximum atomic E-state index is 14.7. The highest BCUT2D eigenvalue weighted by Crippen LogP contribution is 2.43. The maximum Gasteiger partial charge on any atom is 0.164 e. The lowest BCUT2D eigenvalue weighted by molar-refractivity contribution is 0.354. The van der Waals surface area contributed by atoms with Crippen LogP contribution in [0.1, 0.15) is 5.56 Å². The van der Waals surface area contributed by atoms with Crippen LogP contribution in [-0.2, 0) is 0 Å². The summed E-state index contributed by atoms with van der Waals surface area (Å²) < 4.78 is 25.6. The van der Waals surface area contributed by atoms with Gasteiger partial charge in [-0.25, -0.2) is 9.37 Å². The van der Waals surface area contributed by atoms with Gasteiger partial charge in [0.05, 0.1) is 31.1 Å². The molecule has 2 aromatic heterocycles. The number of aromatic nitrogens is 3. The van der Waals surface area contributed by atoms with E-state index >= 15 is 0 Å². The largest absolute Gasteiger partial charge is 0.506 e. The van der Waals surface area contributed by atoms with Gasteiger partial charge in [-0.2, -0.15) is 5.10 Å². The summed E-state index contributed by atoms with van der Waals surface area (Å²) in [7, 11) is 3.09. The molecular weight excluding hydrogens is 373 g/mol. The number of aryl methyl sites for hydroxylation is 1. The van der Waals surface area contributed by atoms with Gasteiger partial charge < -0.3 is 14.6 Å². The number of pyridine rings is 1. The van der Waals surface area contributed by atoms with Crippen molar-refractivity contribution in [3.63, 3.8) is 0 Å². The van der Waals surface area contributed by atoms with Gasteiger partial charge in [0.15, 0.2) is 17.1 Å². The maximum absolute atomic E-state index is 14.7. The minimum absolute atomic E-state index is 0.0308. The van der Waals surface area contributed by atoms with Crippen molar-refractivity contribution >= 4 is 33.4 Å². The SMILES string of the molecule is COc1cc2c(-c3cc(Cl)c(O)cc3F)nc3[nH]ncc3c2c(C)c1OC. The molecule has 4 aromatic rings.